The van der Waals surface area contributed by atoms with Crippen molar-refractivity contribution in [2.45, 2.75) is 13.8 Å². The number of nitrogens with one attached hydrogen (secondary N) is 2. The van der Waals surface area contributed by atoms with Crippen LogP contribution in [0.1, 0.15) is 33.9 Å². The van der Waals surface area contributed by atoms with Gasteiger partial charge in [-0.25, -0.2) is 4.98 Å². The molecule has 0 atom stereocenters. The lowest BCUT2D eigenvalue weighted by Gasteiger charge is -2.16. The van der Waals surface area contributed by atoms with Crippen LogP contribution in [-0.4, -0.2) is 50.1 Å². The highest BCUT2D eigenvalue weighted by atomic mass is 32.1. The topological polar surface area (TPSA) is 83.6 Å². The van der Waals surface area contributed by atoms with E-state index in [-0.39, 0.29) is 11.8 Å². The monoisotopic (exact) mass is 432 g/mol. The van der Waals surface area contributed by atoms with E-state index in [0.717, 1.165) is 27.8 Å². The number of benzene rings is 1. The van der Waals surface area contributed by atoms with Gasteiger partial charge < -0.3 is 20.3 Å². The number of methoxy groups -OCH3 is 1. The third-order valence-electron chi connectivity index (χ3n) is 4.35. The van der Waals surface area contributed by atoms with E-state index < -0.39 is 0 Å². The van der Waals surface area contributed by atoms with E-state index in [4.69, 9.17) is 4.74 Å². The fourth-order valence-corrected chi connectivity index (χ4v) is 5.03. The Bertz CT molecular complexity index is 963. The average molecular weight is 433 g/mol. The number of carbonyl (C=O) groups is 2. The molecule has 0 bridgehead atoms. The molecule has 7 nitrogen and oxygen atoms in total. The third kappa shape index (κ3) is 4.92. The van der Waals surface area contributed by atoms with Crippen LogP contribution in [-0.2, 0) is 4.74 Å². The minimum atomic E-state index is -0.254. The van der Waals surface area contributed by atoms with Gasteiger partial charge in [-0.15, -0.1) is 11.3 Å². The third-order valence-corrected chi connectivity index (χ3v) is 6.57. The van der Waals surface area contributed by atoms with Crippen molar-refractivity contribution in [3.63, 3.8) is 0 Å². The van der Waals surface area contributed by atoms with Gasteiger partial charge in [-0.05, 0) is 32.0 Å². The van der Waals surface area contributed by atoms with Crippen molar-refractivity contribution in [2.24, 2.45) is 0 Å². The van der Waals surface area contributed by atoms with Gasteiger partial charge in [-0.2, -0.15) is 0 Å². The molecule has 0 unspecified atom stereocenters. The lowest BCUT2D eigenvalue weighted by atomic mass is 10.1. The van der Waals surface area contributed by atoms with E-state index in [9.17, 15) is 9.59 Å². The Kier molecular flexibility index (Phi) is 7.18. The minimum Gasteiger partial charge on any atom is -0.383 e. The highest BCUT2D eigenvalue weighted by molar-refractivity contribution is 7.29. The second kappa shape index (κ2) is 9.82. The fraction of sp³-hybridized carbons (Fsp3) is 0.350. The number of amides is 2. The largest absolute Gasteiger partial charge is 0.383 e. The summed E-state index contributed by atoms with van der Waals surface area (Å²) >= 11 is 2.95. The molecule has 29 heavy (non-hydrogen) atoms. The predicted molar refractivity (Wildman–Crippen MR) is 120 cm³/mol. The molecule has 0 saturated heterocycles. The molecule has 9 heteroatoms. The van der Waals surface area contributed by atoms with Crippen LogP contribution >= 0.6 is 22.7 Å². The quantitative estimate of drug-likeness (QED) is 0.502. The average Bonchev–Trinajstić information content (AvgIpc) is 3.29. The maximum absolute atomic E-state index is 12.8. The molecular formula is C20H24N4O3S2. The Morgan fingerprint density at radius 1 is 1.14 bits per heavy atom. The Balaban J connectivity index is 1.75. The smallest absolute Gasteiger partial charge is 0.265 e. The second-order valence-corrected chi connectivity index (χ2v) is 8.24. The van der Waals surface area contributed by atoms with Crippen LogP contribution in [0.4, 0.5) is 10.8 Å². The number of thiophene rings is 1. The molecule has 2 N–H and O–H groups in total. The van der Waals surface area contributed by atoms with Crippen LogP contribution in [0.2, 0.25) is 0 Å². The van der Waals surface area contributed by atoms with E-state index in [1.807, 2.05) is 6.07 Å². The number of rotatable bonds is 9. The van der Waals surface area contributed by atoms with E-state index >= 15 is 0 Å². The Hall–Kier alpha value is -2.49. The van der Waals surface area contributed by atoms with Crippen molar-refractivity contribution in [1.29, 1.82) is 0 Å². The summed E-state index contributed by atoms with van der Waals surface area (Å²) in [6, 6.07) is 8.81. The van der Waals surface area contributed by atoms with E-state index in [1.54, 1.807) is 42.7 Å². The SMILES string of the molecule is CCN(CC)c1nc2sc(C(=O)Nc3ccccc3C(=O)NCCOC)cc2s1. The Morgan fingerprint density at radius 2 is 1.90 bits per heavy atom. The molecule has 1 aromatic carbocycles. The second-order valence-electron chi connectivity index (χ2n) is 6.20. The molecule has 154 valence electrons. The molecule has 0 radical (unpaired) electrons. The number of carbonyl (C=O) groups excluding carboxylic acids is 2. The lowest BCUT2D eigenvalue weighted by Crippen LogP contribution is -2.28. The number of nitrogens with zero attached hydrogens (tertiary/aromatic N) is 2. The van der Waals surface area contributed by atoms with Crippen LogP contribution in [0.5, 0.6) is 0 Å². The van der Waals surface area contributed by atoms with Crippen molar-refractivity contribution in [3.8, 4) is 0 Å². The highest BCUT2D eigenvalue weighted by Crippen LogP contribution is 2.35. The number of anilines is 2. The predicted octanol–water partition coefficient (Wildman–Crippen LogP) is 3.83. The number of thiazole rings is 1. The minimum absolute atomic E-state index is 0.248. The zero-order valence-electron chi connectivity index (χ0n) is 16.7. The molecule has 0 aliphatic heterocycles. The Labute approximate surface area is 177 Å². The van der Waals surface area contributed by atoms with Crippen LogP contribution in [0, 0.1) is 0 Å². The van der Waals surface area contributed by atoms with Gasteiger partial charge in [-0.3, -0.25) is 9.59 Å². The van der Waals surface area contributed by atoms with Crippen molar-refractivity contribution >= 4 is 54.8 Å². The summed E-state index contributed by atoms with van der Waals surface area (Å²) in [6.45, 7) is 6.82. The molecule has 3 rings (SSSR count). The maximum atomic E-state index is 12.8. The molecule has 0 saturated carbocycles. The molecule has 0 spiro atoms. The molecule has 0 aliphatic carbocycles. The number of hydrogen-bond donors (Lipinski definition) is 2. The lowest BCUT2D eigenvalue weighted by molar-refractivity contribution is 0.0938. The summed E-state index contributed by atoms with van der Waals surface area (Å²) in [4.78, 5) is 33.4. The van der Waals surface area contributed by atoms with Crippen molar-refractivity contribution in [3.05, 3.63) is 40.8 Å². The molecule has 2 amide bonds. The first-order chi connectivity index (χ1) is 14.1. The summed E-state index contributed by atoms with van der Waals surface area (Å²) in [5, 5.41) is 6.60. The molecule has 0 fully saturated rings. The van der Waals surface area contributed by atoms with Gasteiger partial charge in [0.1, 0.15) is 4.83 Å². The molecule has 2 heterocycles. The number of hydrogen-bond acceptors (Lipinski definition) is 7. The van der Waals surface area contributed by atoms with E-state index in [2.05, 4.69) is 34.4 Å². The van der Waals surface area contributed by atoms with E-state index in [0.29, 0.717) is 29.3 Å². The zero-order valence-corrected chi connectivity index (χ0v) is 18.3. The van der Waals surface area contributed by atoms with Gasteiger partial charge in [0.15, 0.2) is 5.13 Å². The number of para-hydroxylation sites is 1. The zero-order chi connectivity index (χ0) is 20.8. The summed E-state index contributed by atoms with van der Waals surface area (Å²) in [5.41, 5.74) is 0.887. The normalized spacial score (nSPS) is 10.9. The number of fused-ring (bicyclic) bond motifs is 1. The summed E-state index contributed by atoms with van der Waals surface area (Å²) < 4.78 is 5.94. The standard InChI is InChI=1S/C20H24N4O3S2/c1-4-24(5-2)20-23-19-16(29-20)12-15(28-19)18(26)22-14-9-7-6-8-13(14)17(25)21-10-11-27-3/h6-9,12H,4-5,10-11H2,1-3H3,(H,21,25)(H,22,26). The van der Waals surface area contributed by atoms with Crippen LogP contribution < -0.4 is 15.5 Å². The van der Waals surface area contributed by atoms with Gasteiger partial charge in [-0.1, -0.05) is 23.5 Å². The first kappa shape index (κ1) is 21.2. The first-order valence-electron chi connectivity index (χ1n) is 9.40. The van der Waals surface area contributed by atoms with Crippen LogP contribution in [0.15, 0.2) is 30.3 Å². The highest BCUT2D eigenvalue weighted by Gasteiger charge is 2.18. The Morgan fingerprint density at radius 3 is 2.59 bits per heavy atom. The fourth-order valence-electron chi connectivity index (χ4n) is 2.80. The van der Waals surface area contributed by atoms with Crippen LogP contribution in [0.25, 0.3) is 9.53 Å². The molecule has 3 aromatic rings. The van der Waals surface area contributed by atoms with Crippen molar-refractivity contribution in [2.75, 3.05) is 43.6 Å². The van der Waals surface area contributed by atoms with Gasteiger partial charge in [0.05, 0.1) is 27.4 Å². The molecular weight excluding hydrogens is 408 g/mol. The number of aromatic nitrogens is 1. The molecule has 2 aromatic heterocycles. The van der Waals surface area contributed by atoms with Crippen LogP contribution in [0.3, 0.4) is 0 Å². The van der Waals surface area contributed by atoms with E-state index in [1.165, 1.54) is 11.3 Å². The summed E-state index contributed by atoms with van der Waals surface area (Å²) in [5.74, 6) is -0.502. The molecule has 0 aliphatic rings. The first-order valence-corrected chi connectivity index (χ1v) is 11.0. The van der Waals surface area contributed by atoms with Gasteiger partial charge in [0.2, 0.25) is 0 Å². The van der Waals surface area contributed by atoms with Gasteiger partial charge in [0, 0.05) is 26.7 Å². The summed E-state index contributed by atoms with van der Waals surface area (Å²) in [7, 11) is 1.58. The van der Waals surface area contributed by atoms with Gasteiger partial charge in [0.25, 0.3) is 11.8 Å². The van der Waals surface area contributed by atoms with Crippen molar-refractivity contribution in [1.82, 2.24) is 10.3 Å². The van der Waals surface area contributed by atoms with Gasteiger partial charge >= 0.3 is 0 Å². The summed E-state index contributed by atoms with van der Waals surface area (Å²) in [6.07, 6.45) is 0. The van der Waals surface area contributed by atoms with Crippen molar-refractivity contribution < 1.29 is 14.3 Å². The maximum Gasteiger partial charge on any atom is 0.265 e. The number of ether oxygens (including phenoxy) is 1.